The Morgan fingerprint density at radius 3 is 2.48 bits per heavy atom. The van der Waals surface area contributed by atoms with Crippen LogP contribution in [-0.4, -0.2) is 42.3 Å². The number of nitrogens with zero attached hydrogens (tertiary/aromatic N) is 1. The van der Waals surface area contributed by atoms with Crippen LogP contribution in [0.15, 0.2) is 42.5 Å². The number of fused-ring (bicyclic) bond motifs is 1. The van der Waals surface area contributed by atoms with E-state index in [1.165, 1.54) is 29.2 Å². The number of carbonyl (C=O) groups excluding carboxylic acids is 3. The molecule has 1 aliphatic heterocycles. The summed E-state index contributed by atoms with van der Waals surface area (Å²) in [6.07, 6.45) is 2.20. The van der Waals surface area contributed by atoms with Crippen LogP contribution in [0.25, 0.3) is 0 Å². The van der Waals surface area contributed by atoms with Crippen molar-refractivity contribution in [3.8, 4) is 5.75 Å². The molecule has 29 heavy (non-hydrogen) atoms. The number of ether oxygens (including phenoxy) is 1. The molecule has 2 aromatic rings. The van der Waals surface area contributed by atoms with Crippen molar-refractivity contribution < 1.29 is 23.5 Å². The Morgan fingerprint density at radius 1 is 1.03 bits per heavy atom. The topological polar surface area (TPSA) is 75.7 Å². The van der Waals surface area contributed by atoms with Gasteiger partial charge in [-0.15, -0.1) is 0 Å². The first kappa shape index (κ1) is 20.5. The molecule has 0 bridgehead atoms. The molecule has 0 unspecified atom stereocenters. The van der Waals surface area contributed by atoms with Gasteiger partial charge in [0.1, 0.15) is 11.6 Å². The van der Waals surface area contributed by atoms with Crippen molar-refractivity contribution in [2.45, 2.75) is 26.2 Å². The zero-order valence-electron chi connectivity index (χ0n) is 16.2. The average Bonchev–Trinajstić information content (AvgIpc) is 2.97. The highest BCUT2D eigenvalue weighted by atomic mass is 19.1. The lowest BCUT2D eigenvalue weighted by atomic mass is 10.1. The first-order chi connectivity index (χ1) is 14.0. The third-order valence-electron chi connectivity index (χ3n) is 4.66. The van der Waals surface area contributed by atoms with E-state index in [2.05, 4.69) is 5.32 Å². The third kappa shape index (κ3) is 4.80. The van der Waals surface area contributed by atoms with Crippen LogP contribution in [0.5, 0.6) is 5.75 Å². The number of halogens is 1. The molecule has 0 saturated carbocycles. The molecule has 7 heteroatoms. The highest BCUT2D eigenvalue weighted by Gasteiger charge is 2.35. The second-order valence-electron chi connectivity index (χ2n) is 6.79. The van der Waals surface area contributed by atoms with Crippen LogP contribution in [0.1, 0.15) is 57.3 Å². The normalized spacial score (nSPS) is 12.8. The van der Waals surface area contributed by atoms with Crippen molar-refractivity contribution in [2.75, 3.05) is 19.7 Å². The SMILES string of the molecule is CCCCN1C(=O)c2ccc(C(=O)NCCCOc3ccc(F)cc3)cc2C1=O. The number of carbonyl (C=O) groups is 3. The molecule has 1 heterocycles. The summed E-state index contributed by atoms with van der Waals surface area (Å²) in [4.78, 5) is 38.4. The number of rotatable bonds is 9. The predicted octanol–water partition coefficient (Wildman–Crippen LogP) is 3.42. The minimum atomic E-state index is -0.346. The molecule has 152 valence electrons. The fraction of sp³-hybridized carbons (Fsp3) is 0.318. The van der Waals surface area contributed by atoms with E-state index in [-0.39, 0.29) is 29.1 Å². The average molecular weight is 398 g/mol. The summed E-state index contributed by atoms with van der Waals surface area (Å²) in [5, 5.41) is 2.77. The first-order valence-electron chi connectivity index (χ1n) is 9.68. The number of amides is 3. The Morgan fingerprint density at radius 2 is 1.76 bits per heavy atom. The van der Waals surface area contributed by atoms with Gasteiger partial charge in [-0.25, -0.2) is 4.39 Å². The van der Waals surface area contributed by atoms with Crippen molar-refractivity contribution >= 4 is 17.7 Å². The van der Waals surface area contributed by atoms with Crippen LogP contribution in [0.3, 0.4) is 0 Å². The zero-order chi connectivity index (χ0) is 20.8. The minimum Gasteiger partial charge on any atom is -0.494 e. The molecule has 0 spiro atoms. The number of hydrogen-bond donors (Lipinski definition) is 1. The Bertz CT molecular complexity index is 912. The molecule has 6 nitrogen and oxygen atoms in total. The van der Waals surface area contributed by atoms with E-state index in [9.17, 15) is 18.8 Å². The van der Waals surface area contributed by atoms with Gasteiger partial charge in [0.25, 0.3) is 17.7 Å². The third-order valence-corrected chi connectivity index (χ3v) is 4.66. The van der Waals surface area contributed by atoms with Crippen LogP contribution in [0.4, 0.5) is 4.39 Å². The van der Waals surface area contributed by atoms with Crippen molar-refractivity contribution in [3.05, 3.63) is 65.0 Å². The van der Waals surface area contributed by atoms with E-state index in [0.717, 1.165) is 12.8 Å². The number of imide groups is 1. The summed E-state index contributed by atoms with van der Waals surface area (Å²) in [5.41, 5.74) is 0.954. The van der Waals surface area contributed by atoms with Gasteiger partial charge in [-0.05, 0) is 55.3 Å². The molecule has 3 amide bonds. The lowest BCUT2D eigenvalue weighted by Gasteiger charge is -2.12. The predicted molar refractivity (Wildman–Crippen MR) is 106 cm³/mol. The molecule has 0 saturated heterocycles. The van der Waals surface area contributed by atoms with Gasteiger partial charge < -0.3 is 10.1 Å². The fourth-order valence-corrected chi connectivity index (χ4v) is 3.05. The Kier molecular flexibility index (Phi) is 6.59. The largest absolute Gasteiger partial charge is 0.494 e. The molecule has 0 fully saturated rings. The minimum absolute atomic E-state index is 0.276. The summed E-state index contributed by atoms with van der Waals surface area (Å²) in [5.74, 6) is -0.731. The molecular weight excluding hydrogens is 375 g/mol. The molecule has 0 radical (unpaired) electrons. The van der Waals surface area contributed by atoms with Gasteiger partial charge in [0.2, 0.25) is 0 Å². The fourth-order valence-electron chi connectivity index (χ4n) is 3.05. The Labute approximate surface area is 168 Å². The first-order valence-corrected chi connectivity index (χ1v) is 9.68. The van der Waals surface area contributed by atoms with Crippen LogP contribution >= 0.6 is 0 Å². The van der Waals surface area contributed by atoms with Crippen LogP contribution in [-0.2, 0) is 0 Å². The quantitative estimate of drug-likeness (QED) is 0.519. The van der Waals surface area contributed by atoms with Crippen molar-refractivity contribution in [3.63, 3.8) is 0 Å². The van der Waals surface area contributed by atoms with Crippen molar-refractivity contribution in [2.24, 2.45) is 0 Å². The second kappa shape index (κ2) is 9.32. The summed E-state index contributed by atoms with van der Waals surface area (Å²) in [6, 6.07) is 10.3. The van der Waals surface area contributed by atoms with Gasteiger partial charge in [-0.3, -0.25) is 19.3 Å². The monoisotopic (exact) mass is 398 g/mol. The van der Waals surface area contributed by atoms with Gasteiger partial charge in [0.05, 0.1) is 17.7 Å². The van der Waals surface area contributed by atoms with Crippen molar-refractivity contribution in [1.82, 2.24) is 10.2 Å². The van der Waals surface area contributed by atoms with E-state index in [1.807, 2.05) is 6.92 Å². The summed E-state index contributed by atoms with van der Waals surface area (Å²) in [7, 11) is 0. The van der Waals surface area contributed by atoms with E-state index >= 15 is 0 Å². The summed E-state index contributed by atoms with van der Waals surface area (Å²) >= 11 is 0. The molecule has 1 aliphatic rings. The molecule has 1 N–H and O–H groups in total. The van der Waals surface area contributed by atoms with Crippen LogP contribution in [0.2, 0.25) is 0 Å². The second-order valence-corrected chi connectivity index (χ2v) is 6.79. The van der Waals surface area contributed by atoms with E-state index in [1.54, 1.807) is 18.2 Å². The van der Waals surface area contributed by atoms with Crippen LogP contribution < -0.4 is 10.1 Å². The van der Waals surface area contributed by atoms with Crippen LogP contribution in [0, 0.1) is 5.82 Å². The highest BCUT2D eigenvalue weighted by Crippen LogP contribution is 2.24. The Hall–Kier alpha value is -3.22. The molecule has 0 aromatic heterocycles. The van der Waals surface area contributed by atoms with Gasteiger partial charge in [-0.2, -0.15) is 0 Å². The van der Waals surface area contributed by atoms with E-state index in [4.69, 9.17) is 4.74 Å². The van der Waals surface area contributed by atoms with Crippen molar-refractivity contribution in [1.29, 1.82) is 0 Å². The maximum Gasteiger partial charge on any atom is 0.261 e. The maximum atomic E-state index is 12.8. The van der Waals surface area contributed by atoms with E-state index < -0.39 is 0 Å². The van der Waals surface area contributed by atoms with Gasteiger partial charge in [-0.1, -0.05) is 13.3 Å². The molecule has 2 aromatic carbocycles. The Balaban J connectivity index is 1.51. The van der Waals surface area contributed by atoms with Gasteiger partial charge in [0.15, 0.2) is 0 Å². The standard InChI is InChI=1S/C22H23FN2O4/c1-2-3-12-25-21(27)18-10-5-15(14-19(18)22(25)28)20(26)24-11-4-13-29-17-8-6-16(23)7-9-17/h5-10,14H,2-4,11-13H2,1H3,(H,24,26). The van der Waals surface area contributed by atoms with E-state index in [0.29, 0.717) is 43.0 Å². The molecular formula is C22H23FN2O4. The lowest BCUT2D eigenvalue weighted by Crippen LogP contribution is -2.30. The smallest absolute Gasteiger partial charge is 0.261 e. The number of hydrogen-bond acceptors (Lipinski definition) is 4. The maximum absolute atomic E-state index is 12.8. The number of nitrogens with one attached hydrogen (secondary N) is 1. The molecule has 0 aliphatic carbocycles. The highest BCUT2D eigenvalue weighted by molar-refractivity contribution is 6.22. The van der Waals surface area contributed by atoms with Gasteiger partial charge >= 0.3 is 0 Å². The number of unbranched alkanes of at least 4 members (excludes halogenated alkanes) is 1. The van der Waals surface area contributed by atoms with Gasteiger partial charge in [0, 0.05) is 18.7 Å². The lowest BCUT2D eigenvalue weighted by molar-refractivity contribution is 0.0652. The molecule has 0 atom stereocenters. The zero-order valence-corrected chi connectivity index (χ0v) is 16.2. The molecule has 3 rings (SSSR count). The summed E-state index contributed by atoms with van der Waals surface area (Å²) in [6.45, 7) is 3.13. The summed E-state index contributed by atoms with van der Waals surface area (Å²) < 4.78 is 18.3. The number of benzene rings is 2.